The van der Waals surface area contributed by atoms with Crippen LogP contribution in [0.2, 0.25) is 0 Å². The molecule has 0 saturated carbocycles. The molecule has 2 rings (SSSR count). The number of hydrogen-bond donors (Lipinski definition) is 1. The van der Waals surface area contributed by atoms with Gasteiger partial charge < -0.3 is 9.84 Å². The second-order valence-electron chi connectivity index (χ2n) is 3.92. The Hall–Kier alpha value is -1.96. The zero-order valence-electron chi connectivity index (χ0n) is 9.89. The Morgan fingerprint density at radius 2 is 1.76 bits per heavy atom. The average molecular weight is 228 g/mol. The van der Waals surface area contributed by atoms with Gasteiger partial charge in [0.25, 0.3) is 0 Å². The predicted octanol–water partition coefficient (Wildman–Crippen LogP) is 4.14. The van der Waals surface area contributed by atoms with Crippen molar-refractivity contribution in [2.45, 2.75) is 19.8 Å². The highest BCUT2D eigenvalue weighted by Crippen LogP contribution is 2.32. The fourth-order valence-electron chi connectivity index (χ4n) is 1.77. The van der Waals surface area contributed by atoms with Crippen LogP contribution in [0, 0.1) is 0 Å². The Labute approximate surface area is 101 Å². The minimum absolute atomic E-state index is 0.306. The van der Waals surface area contributed by atoms with Crippen molar-refractivity contribution >= 4 is 0 Å². The van der Waals surface area contributed by atoms with Crippen molar-refractivity contribution < 1.29 is 9.84 Å². The number of benzene rings is 2. The molecule has 2 aromatic carbocycles. The van der Waals surface area contributed by atoms with Crippen molar-refractivity contribution in [3.63, 3.8) is 0 Å². The Morgan fingerprint density at radius 1 is 1.00 bits per heavy atom. The number of aromatic hydroxyl groups is 1. The van der Waals surface area contributed by atoms with Gasteiger partial charge in [-0.15, -0.1) is 0 Å². The Kier molecular flexibility index (Phi) is 3.66. The van der Waals surface area contributed by atoms with E-state index in [0.717, 1.165) is 29.9 Å². The molecular weight excluding hydrogens is 212 g/mol. The molecule has 0 spiro atoms. The van der Waals surface area contributed by atoms with E-state index >= 15 is 0 Å². The second-order valence-corrected chi connectivity index (χ2v) is 3.92. The first-order valence-corrected chi connectivity index (χ1v) is 5.85. The molecule has 0 aliphatic rings. The monoisotopic (exact) mass is 228 g/mol. The summed E-state index contributed by atoms with van der Waals surface area (Å²) in [4.78, 5) is 0. The van der Waals surface area contributed by atoms with Gasteiger partial charge in [0.15, 0.2) is 0 Å². The maximum Gasteiger partial charge on any atom is 0.134 e. The maximum atomic E-state index is 9.82. The number of para-hydroxylation sites is 1. The van der Waals surface area contributed by atoms with Gasteiger partial charge in [-0.05, 0) is 30.7 Å². The van der Waals surface area contributed by atoms with Crippen LogP contribution < -0.4 is 4.74 Å². The standard InChI is InChI=1S/C15H16O2/c1-2-7-13-14(16)10-6-11-15(13)17-12-8-4-3-5-9-12/h3-6,8-11,16H,2,7H2,1H3. The van der Waals surface area contributed by atoms with Crippen molar-refractivity contribution in [1.82, 2.24) is 0 Å². The fourth-order valence-corrected chi connectivity index (χ4v) is 1.77. The lowest BCUT2D eigenvalue weighted by atomic mass is 10.1. The van der Waals surface area contributed by atoms with Crippen molar-refractivity contribution in [3.8, 4) is 17.2 Å². The van der Waals surface area contributed by atoms with E-state index in [1.807, 2.05) is 36.4 Å². The number of rotatable bonds is 4. The molecule has 88 valence electrons. The van der Waals surface area contributed by atoms with Gasteiger partial charge in [0.05, 0.1) is 0 Å². The normalized spacial score (nSPS) is 10.2. The van der Waals surface area contributed by atoms with E-state index in [0.29, 0.717) is 5.75 Å². The SMILES string of the molecule is CCCc1c(O)cccc1Oc1ccccc1. The van der Waals surface area contributed by atoms with Gasteiger partial charge in [-0.2, -0.15) is 0 Å². The first-order valence-electron chi connectivity index (χ1n) is 5.85. The van der Waals surface area contributed by atoms with Crippen LogP contribution in [0.3, 0.4) is 0 Å². The van der Waals surface area contributed by atoms with Crippen molar-refractivity contribution in [1.29, 1.82) is 0 Å². The van der Waals surface area contributed by atoms with Crippen LogP contribution in [0.15, 0.2) is 48.5 Å². The highest BCUT2D eigenvalue weighted by atomic mass is 16.5. The highest BCUT2D eigenvalue weighted by molar-refractivity contribution is 5.46. The summed E-state index contributed by atoms with van der Waals surface area (Å²) in [5, 5.41) is 9.82. The molecule has 2 aromatic rings. The third kappa shape index (κ3) is 2.78. The molecule has 0 aliphatic carbocycles. The van der Waals surface area contributed by atoms with E-state index in [2.05, 4.69) is 6.92 Å². The van der Waals surface area contributed by atoms with Crippen molar-refractivity contribution in [2.75, 3.05) is 0 Å². The number of hydrogen-bond acceptors (Lipinski definition) is 2. The number of ether oxygens (including phenoxy) is 1. The van der Waals surface area contributed by atoms with Gasteiger partial charge in [-0.25, -0.2) is 0 Å². The zero-order valence-corrected chi connectivity index (χ0v) is 9.89. The summed E-state index contributed by atoms with van der Waals surface area (Å²) in [7, 11) is 0. The van der Waals surface area contributed by atoms with E-state index in [-0.39, 0.29) is 0 Å². The molecule has 0 heterocycles. The summed E-state index contributed by atoms with van der Waals surface area (Å²) in [6, 6.07) is 15.0. The van der Waals surface area contributed by atoms with E-state index in [4.69, 9.17) is 4.74 Å². The summed E-state index contributed by atoms with van der Waals surface area (Å²) in [6.45, 7) is 2.08. The van der Waals surface area contributed by atoms with Crippen molar-refractivity contribution in [2.24, 2.45) is 0 Å². The lowest BCUT2D eigenvalue weighted by Gasteiger charge is -2.11. The van der Waals surface area contributed by atoms with Crippen LogP contribution in [-0.4, -0.2) is 5.11 Å². The zero-order chi connectivity index (χ0) is 12.1. The van der Waals surface area contributed by atoms with Gasteiger partial charge in [0.2, 0.25) is 0 Å². The lowest BCUT2D eigenvalue weighted by Crippen LogP contribution is -1.92. The second kappa shape index (κ2) is 5.39. The summed E-state index contributed by atoms with van der Waals surface area (Å²) >= 11 is 0. The van der Waals surface area contributed by atoms with Crippen LogP contribution >= 0.6 is 0 Å². The Balaban J connectivity index is 2.29. The Bertz CT molecular complexity index is 478. The smallest absolute Gasteiger partial charge is 0.134 e. The molecule has 0 aliphatic heterocycles. The molecule has 1 N–H and O–H groups in total. The summed E-state index contributed by atoms with van der Waals surface area (Å²) < 4.78 is 5.78. The molecular formula is C15H16O2. The first-order chi connectivity index (χ1) is 8.31. The van der Waals surface area contributed by atoms with Gasteiger partial charge >= 0.3 is 0 Å². The lowest BCUT2D eigenvalue weighted by molar-refractivity contribution is 0.443. The van der Waals surface area contributed by atoms with E-state index in [1.165, 1.54) is 0 Å². The van der Waals surface area contributed by atoms with Crippen LogP contribution in [-0.2, 0) is 6.42 Å². The van der Waals surface area contributed by atoms with Crippen LogP contribution in [0.4, 0.5) is 0 Å². The quantitative estimate of drug-likeness (QED) is 0.852. The van der Waals surface area contributed by atoms with E-state index < -0.39 is 0 Å². The minimum atomic E-state index is 0.306. The number of phenols is 1. The predicted molar refractivity (Wildman–Crippen MR) is 68.6 cm³/mol. The third-order valence-corrected chi connectivity index (χ3v) is 2.58. The molecule has 2 heteroatoms. The first kappa shape index (κ1) is 11.5. The molecule has 17 heavy (non-hydrogen) atoms. The van der Waals surface area contributed by atoms with E-state index in [1.54, 1.807) is 12.1 Å². The molecule has 0 unspecified atom stereocenters. The molecule has 0 fully saturated rings. The van der Waals surface area contributed by atoms with E-state index in [9.17, 15) is 5.11 Å². The van der Waals surface area contributed by atoms with Gasteiger partial charge in [-0.3, -0.25) is 0 Å². The maximum absolute atomic E-state index is 9.82. The molecule has 0 bridgehead atoms. The molecule has 0 amide bonds. The summed E-state index contributed by atoms with van der Waals surface area (Å²) in [5.41, 5.74) is 0.874. The van der Waals surface area contributed by atoms with Gasteiger partial charge in [0, 0.05) is 5.56 Å². The topological polar surface area (TPSA) is 29.5 Å². The molecule has 0 radical (unpaired) electrons. The fraction of sp³-hybridized carbons (Fsp3) is 0.200. The third-order valence-electron chi connectivity index (χ3n) is 2.58. The van der Waals surface area contributed by atoms with Crippen LogP contribution in [0.25, 0.3) is 0 Å². The van der Waals surface area contributed by atoms with Crippen LogP contribution in [0.1, 0.15) is 18.9 Å². The molecule has 0 atom stereocenters. The molecule has 2 nitrogen and oxygen atoms in total. The summed E-state index contributed by atoms with van der Waals surface area (Å²) in [5.74, 6) is 1.83. The largest absolute Gasteiger partial charge is 0.508 e. The van der Waals surface area contributed by atoms with Crippen molar-refractivity contribution in [3.05, 3.63) is 54.1 Å². The average Bonchev–Trinajstić information content (AvgIpc) is 2.35. The van der Waals surface area contributed by atoms with Crippen LogP contribution in [0.5, 0.6) is 17.2 Å². The molecule has 0 saturated heterocycles. The Morgan fingerprint density at radius 3 is 2.47 bits per heavy atom. The van der Waals surface area contributed by atoms with Gasteiger partial charge in [0.1, 0.15) is 17.2 Å². The summed E-state index contributed by atoms with van der Waals surface area (Å²) in [6.07, 6.45) is 1.79. The minimum Gasteiger partial charge on any atom is -0.508 e. The number of phenolic OH excluding ortho intramolecular Hbond substituents is 1. The van der Waals surface area contributed by atoms with Gasteiger partial charge in [-0.1, -0.05) is 37.6 Å². The highest BCUT2D eigenvalue weighted by Gasteiger charge is 2.08. The molecule has 0 aromatic heterocycles.